The first-order valence-electron chi connectivity index (χ1n) is 7.05. The van der Waals surface area contributed by atoms with E-state index < -0.39 is 0 Å². The summed E-state index contributed by atoms with van der Waals surface area (Å²) in [5.41, 5.74) is 0. The van der Waals surface area contributed by atoms with Crippen molar-refractivity contribution in [2.75, 3.05) is 13.2 Å². The molecule has 1 rings (SSSR count). The molecule has 0 aromatic heterocycles. The summed E-state index contributed by atoms with van der Waals surface area (Å²) in [7, 11) is 0. The molecular formula is C14H27NO2. The summed E-state index contributed by atoms with van der Waals surface area (Å²) in [6.45, 7) is 4.89. The summed E-state index contributed by atoms with van der Waals surface area (Å²) in [4.78, 5) is 14.1. The van der Waals surface area contributed by atoms with Crippen LogP contribution in [0, 0.1) is 5.92 Å². The summed E-state index contributed by atoms with van der Waals surface area (Å²) in [6.07, 6.45) is 7.57. The van der Waals surface area contributed by atoms with Crippen LogP contribution in [0.4, 0.5) is 0 Å². The smallest absolute Gasteiger partial charge is 0.222 e. The van der Waals surface area contributed by atoms with Crippen molar-refractivity contribution in [3.05, 3.63) is 0 Å². The number of rotatable bonds is 6. The molecule has 0 aromatic carbocycles. The topological polar surface area (TPSA) is 40.5 Å². The van der Waals surface area contributed by atoms with Gasteiger partial charge < -0.3 is 10.0 Å². The van der Waals surface area contributed by atoms with Gasteiger partial charge in [0.25, 0.3) is 0 Å². The molecule has 0 heterocycles. The first-order chi connectivity index (χ1) is 8.15. The fraction of sp³-hybridized carbons (Fsp3) is 0.929. The molecule has 0 bridgehead atoms. The highest BCUT2D eigenvalue weighted by atomic mass is 16.3. The van der Waals surface area contributed by atoms with Crippen molar-refractivity contribution >= 4 is 5.91 Å². The fourth-order valence-corrected chi connectivity index (χ4v) is 2.57. The quantitative estimate of drug-likeness (QED) is 0.776. The van der Waals surface area contributed by atoms with Crippen molar-refractivity contribution in [1.29, 1.82) is 0 Å². The van der Waals surface area contributed by atoms with Gasteiger partial charge in [-0.1, -0.05) is 33.1 Å². The van der Waals surface area contributed by atoms with Crippen molar-refractivity contribution in [3.63, 3.8) is 0 Å². The highest BCUT2D eigenvalue weighted by Crippen LogP contribution is 2.23. The van der Waals surface area contributed by atoms with E-state index in [1.54, 1.807) is 0 Å². The average Bonchev–Trinajstić information content (AvgIpc) is 2.34. The first kappa shape index (κ1) is 14.5. The molecule has 1 saturated carbocycles. The zero-order chi connectivity index (χ0) is 12.7. The van der Waals surface area contributed by atoms with Crippen LogP contribution in [0.5, 0.6) is 0 Å². The minimum atomic E-state index is 0.0872. The van der Waals surface area contributed by atoms with E-state index in [2.05, 4.69) is 13.8 Å². The van der Waals surface area contributed by atoms with Crippen LogP contribution in [0.2, 0.25) is 0 Å². The first-order valence-corrected chi connectivity index (χ1v) is 7.05. The van der Waals surface area contributed by atoms with Crippen molar-refractivity contribution < 1.29 is 9.90 Å². The summed E-state index contributed by atoms with van der Waals surface area (Å²) < 4.78 is 0. The van der Waals surface area contributed by atoms with E-state index in [0.717, 1.165) is 19.3 Å². The molecule has 1 aliphatic carbocycles. The van der Waals surface area contributed by atoms with Gasteiger partial charge in [-0.25, -0.2) is 0 Å². The lowest BCUT2D eigenvalue weighted by Crippen LogP contribution is -2.43. The van der Waals surface area contributed by atoms with Crippen LogP contribution in [0.15, 0.2) is 0 Å². The van der Waals surface area contributed by atoms with E-state index in [0.29, 0.717) is 24.9 Å². The Kier molecular flexibility index (Phi) is 6.56. The number of amides is 1. The maximum absolute atomic E-state index is 12.2. The number of carbonyl (C=O) groups excluding carboxylic acids is 1. The lowest BCUT2D eigenvalue weighted by atomic mass is 9.93. The van der Waals surface area contributed by atoms with Gasteiger partial charge in [-0.05, 0) is 25.2 Å². The Balaban J connectivity index is 2.47. The van der Waals surface area contributed by atoms with E-state index in [1.807, 2.05) is 4.90 Å². The maximum Gasteiger partial charge on any atom is 0.222 e. The van der Waals surface area contributed by atoms with Gasteiger partial charge in [-0.3, -0.25) is 4.79 Å². The van der Waals surface area contributed by atoms with Gasteiger partial charge in [0.05, 0.1) is 6.61 Å². The molecule has 0 saturated heterocycles. The lowest BCUT2D eigenvalue weighted by Gasteiger charge is -2.34. The molecule has 100 valence electrons. The van der Waals surface area contributed by atoms with E-state index in [9.17, 15) is 4.79 Å². The molecule has 0 radical (unpaired) electrons. The van der Waals surface area contributed by atoms with Crippen LogP contribution in [-0.4, -0.2) is 35.1 Å². The highest BCUT2D eigenvalue weighted by Gasteiger charge is 2.24. The average molecular weight is 241 g/mol. The SMILES string of the molecule is CC(C)CCC(=O)N(CCO)C1CCCCC1. The Morgan fingerprint density at radius 3 is 2.47 bits per heavy atom. The van der Waals surface area contributed by atoms with Crippen LogP contribution in [0.25, 0.3) is 0 Å². The maximum atomic E-state index is 12.2. The molecule has 1 amide bonds. The predicted molar refractivity (Wildman–Crippen MR) is 69.7 cm³/mol. The minimum Gasteiger partial charge on any atom is -0.395 e. The second kappa shape index (κ2) is 7.70. The van der Waals surface area contributed by atoms with Gasteiger partial charge in [0.1, 0.15) is 0 Å². The van der Waals surface area contributed by atoms with Gasteiger partial charge in [0.15, 0.2) is 0 Å². The van der Waals surface area contributed by atoms with E-state index in [-0.39, 0.29) is 12.5 Å². The van der Waals surface area contributed by atoms with Crippen molar-refractivity contribution in [2.45, 2.75) is 64.8 Å². The molecule has 3 nitrogen and oxygen atoms in total. The number of aliphatic hydroxyl groups is 1. The van der Waals surface area contributed by atoms with Gasteiger partial charge in [-0.2, -0.15) is 0 Å². The highest BCUT2D eigenvalue weighted by molar-refractivity contribution is 5.76. The Hall–Kier alpha value is -0.570. The largest absolute Gasteiger partial charge is 0.395 e. The second-order valence-corrected chi connectivity index (χ2v) is 5.54. The van der Waals surface area contributed by atoms with Crippen LogP contribution >= 0.6 is 0 Å². The Morgan fingerprint density at radius 1 is 1.29 bits per heavy atom. The molecule has 0 spiro atoms. The standard InChI is InChI=1S/C14H27NO2/c1-12(2)8-9-14(17)15(10-11-16)13-6-4-3-5-7-13/h12-13,16H,3-11H2,1-2H3. The van der Waals surface area contributed by atoms with Crippen LogP contribution < -0.4 is 0 Å². The van der Waals surface area contributed by atoms with Crippen molar-refractivity contribution in [2.24, 2.45) is 5.92 Å². The summed E-state index contributed by atoms with van der Waals surface area (Å²) >= 11 is 0. The van der Waals surface area contributed by atoms with Crippen LogP contribution in [0.3, 0.4) is 0 Å². The molecule has 0 unspecified atom stereocenters. The molecule has 0 atom stereocenters. The van der Waals surface area contributed by atoms with Gasteiger partial charge in [-0.15, -0.1) is 0 Å². The van der Waals surface area contributed by atoms with Crippen molar-refractivity contribution in [3.8, 4) is 0 Å². The number of aliphatic hydroxyl groups excluding tert-OH is 1. The van der Waals surface area contributed by atoms with Crippen LogP contribution in [0.1, 0.15) is 58.8 Å². The Morgan fingerprint density at radius 2 is 1.94 bits per heavy atom. The van der Waals surface area contributed by atoms with Gasteiger partial charge in [0.2, 0.25) is 5.91 Å². The molecular weight excluding hydrogens is 214 g/mol. The Labute approximate surface area is 105 Å². The third-order valence-electron chi connectivity index (χ3n) is 3.61. The van der Waals surface area contributed by atoms with Gasteiger partial charge in [0, 0.05) is 19.0 Å². The second-order valence-electron chi connectivity index (χ2n) is 5.54. The van der Waals surface area contributed by atoms with Crippen LogP contribution in [-0.2, 0) is 4.79 Å². The Bertz CT molecular complexity index is 222. The monoisotopic (exact) mass is 241 g/mol. The zero-order valence-electron chi connectivity index (χ0n) is 11.3. The van der Waals surface area contributed by atoms with E-state index in [4.69, 9.17) is 5.11 Å². The molecule has 0 aliphatic heterocycles. The third-order valence-corrected chi connectivity index (χ3v) is 3.61. The summed E-state index contributed by atoms with van der Waals surface area (Å²) in [5.74, 6) is 0.806. The van der Waals surface area contributed by atoms with E-state index >= 15 is 0 Å². The van der Waals surface area contributed by atoms with Crippen molar-refractivity contribution in [1.82, 2.24) is 4.90 Å². The molecule has 3 heteroatoms. The predicted octanol–water partition coefficient (Wildman–Crippen LogP) is 2.58. The van der Waals surface area contributed by atoms with Gasteiger partial charge >= 0.3 is 0 Å². The minimum absolute atomic E-state index is 0.0872. The normalized spacial score (nSPS) is 17.4. The number of hydrogen-bond acceptors (Lipinski definition) is 2. The molecule has 0 aromatic rings. The zero-order valence-corrected chi connectivity index (χ0v) is 11.3. The molecule has 1 N–H and O–H groups in total. The van der Waals surface area contributed by atoms with E-state index in [1.165, 1.54) is 19.3 Å². The number of nitrogens with zero attached hydrogens (tertiary/aromatic N) is 1. The molecule has 17 heavy (non-hydrogen) atoms. The summed E-state index contributed by atoms with van der Waals surface area (Å²) in [5, 5.41) is 9.10. The lowest BCUT2D eigenvalue weighted by molar-refractivity contribution is -0.135. The number of hydrogen-bond donors (Lipinski definition) is 1. The molecule has 1 aliphatic rings. The summed E-state index contributed by atoms with van der Waals surface area (Å²) in [6, 6.07) is 0.385. The third kappa shape index (κ3) is 5.07. The number of carbonyl (C=O) groups is 1. The fourth-order valence-electron chi connectivity index (χ4n) is 2.57. The molecule has 1 fully saturated rings.